The summed E-state index contributed by atoms with van der Waals surface area (Å²) in [4.78, 5) is 11.2. The summed E-state index contributed by atoms with van der Waals surface area (Å²) in [6.45, 7) is 3.90. The number of nitrogens with two attached hydrogens (primary N) is 1. The van der Waals surface area contributed by atoms with Crippen LogP contribution in [0.3, 0.4) is 0 Å². The van der Waals surface area contributed by atoms with E-state index >= 15 is 0 Å². The molecule has 1 aromatic carbocycles. The highest BCUT2D eigenvalue weighted by Gasteiger charge is 2.01. The second kappa shape index (κ2) is 3.76. The van der Waals surface area contributed by atoms with Crippen molar-refractivity contribution in [2.75, 3.05) is 12.3 Å². The molecule has 1 amide bonds. The van der Waals surface area contributed by atoms with Crippen LogP contribution in [0.25, 0.3) is 0 Å². The summed E-state index contributed by atoms with van der Waals surface area (Å²) < 4.78 is 0. The van der Waals surface area contributed by atoms with Gasteiger partial charge in [0.15, 0.2) is 0 Å². The molecule has 0 aliphatic heterocycles. The summed E-state index contributed by atoms with van der Waals surface area (Å²) in [7, 11) is 0. The first-order valence-corrected chi connectivity index (χ1v) is 3.67. The Kier molecular flexibility index (Phi) is 2.69. The summed E-state index contributed by atoms with van der Waals surface area (Å²) in [6.07, 6.45) is 0. The van der Waals surface area contributed by atoms with Gasteiger partial charge in [0.2, 0.25) is 0 Å². The van der Waals surface area contributed by atoms with Gasteiger partial charge in [-0.25, -0.2) is 0 Å². The Morgan fingerprint density at radius 1 is 1.42 bits per heavy atom. The smallest absolute Gasteiger partial charge is 0.251 e. The fourth-order valence-electron chi connectivity index (χ4n) is 0.850. The van der Waals surface area contributed by atoms with E-state index in [2.05, 4.69) is 12.2 Å². The van der Waals surface area contributed by atoms with E-state index in [0.29, 0.717) is 17.8 Å². The molecule has 1 radical (unpaired) electrons. The SMILES string of the molecule is [CH2]CNC(=O)c1ccc(N)cc1. The van der Waals surface area contributed by atoms with Crippen LogP contribution in [-0.4, -0.2) is 12.5 Å². The highest BCUT2D eigenvalue weighted by molar-refractivity contribution is 5.94. The third-order valence-electron chi connectivity index (χ3n) is 1.46. The molecule has 12 heavy (non-hydrogen) atoms. The van der Waals surface area contributed by atoms with Crippen molar-refractivity contribution < 1.29 is 4.79 Å². The molecule has 0 aromatic heterocycles. The molecule has 3 N–H and O–H groups in total. The second-order valence-corrected chi connectivity index (χ2v) is 2.38. The third kappa shape index (κ3) is 1.99. The first-order valence-electron chi connectivity index (χ1n) is 3.67. The molecule has 0 bridgehead atoms. The van der Waals surface area contributed by atoms with Gasteiger partial charge in [0, 0.05) is 17.8 Å². The summed E-state index contributed by atoms with van der Waals surface area (Å²) in [6, 6.07) is 6.75. The summed E-state index contributed by atoms with van der Waals surface area (Å²) in [5, 5.41) is 2.59. The van der Waals surface area contributed by atoms with Gasteiger partial charge in [0.1, 0.15) is 0 Å². The zero-order valence-electron chi connectivity index (χ0n) is 6.71. The fourth-order valence-corrected chi connectivity index (χ4v) is 0.850. The van der Waals surface area contributed by atoms with E-state index in [-0.39, 0.29) is 5.91 Å². The minimum absolute atomic E-state index is 0.120. The van der Waals surface area contributed by atoms with Crippen molar-refractivity contribution in [2.45, 2.75) is 0 Å². The Balaban J connectivity index is 2.75. The van der Waals surface area contributed by atoms with Gasteiger partial charge in [-0.15, -0.1) is 0 Å². The van der Waals surface area contributed by atoms with Crippen molar-refractivity contribution in [3.63, 3.8) is 0 Å². The van der Waals surface area contributed by atoms with E-state index in [1.54, 1.807) is 24.3 Å². The predicted octanol–water partition coefficient (Wildman–Crippen LogP) is 0.833. The molecular weight excluding hydrogens is 152 g/mol. The van der Waals surface area contributed by atoms with E-state index in [9.17, 15) is 4.79 Å². The lowest BCUT2D eigenvalue weighted by Gasteiger charge is -2.01. The van der Waals surface area contributed by atoms with Gasteiger partial charge in [-0.1, -0.05) is 0 Å². The molecule has 1 aromatic rings. The summed E-state index contributed by atoms with van der Waals surface area (Å²) in [5.74, 6) is -0.120. The highest BCUT2D eigenvalue weighted by Crippen LogP contribution is 2.04. The average molecular weight is 163 g/mol. The standard InChI is InChI=1S/C9H11N2O/c1-2-11-9(12)7-3-5-8(10)6-4-7/h3-6H,1-2,10H2,(H,11,12). The maximum absolute atomic E-state index is 11.2. The first-order chi connectivity index (χ1) is 5.74. The van der Waals surface area contributed by atoms with Crippen molar-refractivity contribution in [3.8, 4) is 0 Å². The van der Waals surface area contributed by atoms with Crippen LogP contribution in [-0.2, 0) is 0 Å². The Labute approximate surface area is 71.6 Å². The van der Waals surface area contributed by atoms with E-state index in [1.165, 1.54) is 0 Å². The molecule has 0 aliphatic rings. The molecular formula is C9H11N2O. The number of nitrogen functional groups attached to an aromatic ring is 1. The van der Waals surface area contributed by atoms with E-state index in [4.69, 9.17) is 5.73 Å². The monoisotopic (exact) mass is 163 g/mol. The number of hydrogen-bond donors (Lipinski definition) is 2. The van der Waals surface area contributed by atoms with Crippen molar-refractivity contribution in [2.24, 2.45) is 0 Å². The maximum Gasteiger partial charge on any atom is 0.251 e. The molecule has 0 saturated heterocycles. The molecule has 3 nitrogen and oxygen atoms in total. The predicted molar refractivity (Wildman–Crippen MR) is 48.5 cm³/mol. The lowest BCUT2D eigenvalue weighted by Crippen LogP contribution is -2.22. The van der Waals surface area contributed by atoms with Gasteiger partial charge in [0.25, 0.3) is 5.91 Å². The van der Waals surface area contributed by atoms with Crippen LogP contribution in [0.4, 0.5) is 5.69 Å². The molecule has 0 spiro atoms. The summed E-state index contributed by atoms with van der Waals surface area (Å²) in [5.41, 5.74) is 6.72. The van der Waals surface area contributed by atoms with Crippen molar-refractivity contribution in [3.05, 3.63) is 36.8 Å². The molecule has 0 heterocycles. The van der Waals surface area contributed by atoms with Gasteiger partial charge in [-0.3, -0.25) is 4.79 Å². The Morgan fingerprint density at radius 2 is 2.00 bits per heavy atom. The molecule has 1 rings (SSSR count). The zero-order valence-corrected chi connectivity index (χ0v) is 6.71. The highest BCUT2D eigenvalue weighted by atomic mass is 16.1. The van der Waals surface area contributed by atoms with Gasteiger partial charge in [-0.05, 0) is 31.2 Å². The van der Waals surface area contributed by atoms with E-state index < -0.39 is 0 Å². The van der Waals surface area contributed by atoms with Gasteiger partial charge < -0.3 is 11.1 Å². The van der Waals surface area contributed by atoms with Crippen LogP contribution in [0.1, 0.15) is 10.4 Å². The van der Waals surface area contributed by atoms with Gasteiger partial charge in [-0.2, -0.15) is 0 Å². The molecule has 3 heteroatoms. The van der Waals surface area contributed by atoms with Crippen molar-refractivity contribution in [1.82, 2.24) is 5.32 Å². The number of anilines is 1. The lowest BCUT2D eigenvalue weighted by atomic mass is 10.2. The molecule has 0 saturated carbocycles. The zero-order chi connectivity index (χ0) is 8.97. The fraction of sp³-hybridized carbons (Fsp3) is 0.111. The van der Waals surface area contributed by atoms with Crippen LogP contribution in [0.2, 0.25) is 0 Å². The molecule has 0 fully saturated rings. The summed E-state index contributed by atoms with van der Waals surface area (Å²) >= 11 is 0. The average Bonchev–Trinajstić information content (AvgIpc) is 2.06. The van der Waals surface area contributed by atoms with E-state index in [0.717, 1.165) is 0 Å². The number of carbonyl (C=O) groups excluding carboxylic acids is 1. The van der Waals surface area contributed by atoms with Crippen LogP contribution >= 0.6 is 0 Å². The van der Waals surface area contributed by atoms with Crippen molar-refractivity contribution >= 4 is 11.6 Å². The number of rotatable bonds is 2. The number of hydrogen-bond acceptors (Lipinski definition) is 2. The van der Waals surface area contributed by atoms with Crippen LogP contribution < -0.4 is 11.1 Å². The number of nitrogens with one attached hydrogen (secondary N) is 1. The topological polar surface area (TPSA) is 55.1 Å². The van der Waals surface area contributed by atoms with Gasteiger partial charge >= 0.3 is 0 Å². The minimum atomic E-state index is -0.120. The lowest BCUT2D eigenvalue weighted by molar-refractivity contribution is 0.0958. The molecule has 0 atom stereocenters. The van der Waals surface area contributed by atoms with Crippen LogP contribution in [0.15, 0.2) is 24.3 Å². The molecule has 0 aliphatic carbocycles. The van der Waals surface area contributed by atoms with Crippen LogP contribution in [0, 0.1) is 6.92 Å². The number of carbonyl (C=O) groups is 1. The van der Waals surface area contributed by atoms with Gasteiger partial charge in [0.05, 0.1) is 0 Å². The minimum Gasteiger partial charge on any atom is -0.399 e. The first kappa shape index (κ1) is 8.59. The maximum atomic E-state index is 11.2. The van der Waals surface area contributed by atoms with E-state index in [1.807, 2.05) is 0 Å². The van der Waals surface area contributed by atoms with Crippen molar-refractivity contribution in [1.29, 1.82) is 0 Å². The Hall–Kier alpha value is -1.51. The Morgan fingerprint density at radius 3 is 2.50 bits per heavy atom. The molecule has 0 unspecified atom stereocenters. The largest absolute Gasteiger partial charge is 0.399 e. The third-order valence-corrected chi connectivity index (χ3v) is 1.46. The normalized spacial score (nSPS) is 9.42. The second-order valence-electron chi connectivity index (χ2n) is 2.38. The number of benzene rings is 1. The Bertz CT molecular complexity index is 266. The quantitative estimate of drug-likeness (QED) is 0.634. The number of amides is 1. The van der Waals surface area contributed by atoms with Crippen LogP contribution in [0.5, 0.6) is 0 Å². The molecule has 63 valence electrons.